The number of aromatic nitrogens is 1. The van der Waals surface area contributed by atoms with Crippen molar-refractivity contribution in [1.29, 1.82) is 0 Å². The molecular weight excluding hydrogens is 360 g/mol. The van der Waals surface area contributed by atoms with Crippen LogP contribution in [0.4, 0.5) is 10.5 Å². The summed E-state index contributed by atoms with van der Waals surface area (Å²) in [5.41, 5.74) is 1.80. The highest BCUT2D eigenvalue weighted by Gasteiger charge is 2.34. The lowest BCUT2D eigenvalue weighted by Crippen LogP contribution is -2.46. The fourth-order valence-electron chi connectivity index (χ4n) is 3.20. The zero-order valence-corrected chi connectivity index (χ0v) is 15.8. The molecule has 1 aromatic heterocycles. The van der Waals surface area contributed by atoms with Gasteiger partial charge in [0, 0.05) is 19.3 Å². The van der Waals surface area contributed by atoms with Gasteiger partial charge in [0.2, 0.25) is 5.91 Å². The molecule has 1 aliphatic heterocycles. The van der Waals surface area contributed by atoms with Gasteiger partial charge in [0.05, 0.1) is 16.8 Å². The van der Waals surface area contributed by atoms with Crippen LogP contribution in [0.25, 0.3) is 10.2 Å². The molecule has 0 bridgehead atoms. The van der Waals surface area contributed by atoms with Gasteiger partial charge in [0.15, 0.2) is 0 Å². The van der Waals surface area contributed by atoms with E-state index in [1.807, 2.05) is 54.6 Å². The molecule has 1 saturated heterocycles. The van der Waals surface area contributed by atoms with Crippen LogP contribution in [-0.4, -0.2) is 41.5 Å². The fraction of sp³-hybridized carbons (Fsp3) is 0.250. The van der Waals surface area contributed by atoms with Crippen molar-refractivity contribution in [2.45, 2.75) is 19.0 Å². The summed E-state index contributed by atoms with van der Waals surface area (Å²) in [7, 11) is 1.72. The number of hydrogen-bond acceptors (Lipinski definition) is 4. The van der Waals surface area contributed by atoms with Gasteiger partial charge in [0.1, 0.15) is 11.0 Å². The third-order valence-corrected chi connectivity index (χ3v) is 5.65. The summed E-state index contributed by atoms with van der Waals surface area (Å²) >= 11 is 1.58. The fourth-order valence-corrected chi connectivity index (χ4v) is 4.22. The maximum atomic E-state index is 12.6. The first-order valence-corrected chi connectivity index (χ1v) is 9.66. The van der Waals surface area contributed by atoms with Gasteiger partial charge in [-0.15, -0.1) is 11.3 Å². The van der Waals surface area contributed by atoms with Gasteiger partial charge in [-0.2, -0.15) is 0 Å². The summed E-state index contributed by atoms with van der Waals surface area (Å²) in [6.07, 6.45) is 0.606. The number of para-hydroxylation sites is 2. The van der Waals surface area contributed by atoms with Crippen molar-refractivity contribution in [1.82, 2.24) is 15.2 Å². The monoisotopic (exact) mass is 380 g/mol. The van der Waals surface area contributed by atoms with E-state index in [0.717, 1.165) is 20.9 Å². The minimum atomic E-state index is -0.490. The van der Waals surface area contributed by atoms with Gasteiger partial charge in [-0.05, 0) is 30.7 Å². The number of benzene rings is 2. The second kappa shape index (κ2) is 7.36. The Kier molecular flexibility index (Phi) is 4.77. The van der Waals surface area contributed by atoms with Crippen LogP contribution in [-0.2, 0) is 11.3 Å². The topological polar surface area (TPSA) is 65.5 Å². The molecule has 2 aromatic carbocycles. The van der Waals surface area contributed by atoms with E-state index in [1.165, 1.54) is 0 Å². The molecule has 1 N–H and O–H groups in total. The second-order valence-electron chi connectivity index (χ2n) is 6.55. The van der Waals surface area contributed by atoms with Crippen molar-refractivity contribution < 1.29 is 9.59 Å². The lowest BCUT2D eigenvalue weighted by Gasteiger charge is -2.20. The Labute approximate surface area is 161 Å². The summed E-state index contributed by atoms with van der Waals surface area (Å²) in [5.74, 6) is -0.0667. The Balaban J connectivity index is 1.37. The SMILES string of the molecule is CN(Cc1nc2ccccc2s1)C(=O)NC1CCN(c2ccccc2)C1=O. The second-order valence-corrected chi connectivity index (χ2v) is 7.66. The van der Waals surface area contributed by atoms with Crippen molar-refractivity contribution in [2.24, 2.45) is 0 Å². The van der Waals surface area contributed by atoms with E-state index in [0.29, 0.717) is 19.5 Å². The van der Waals surface area contributed by atoms with Crippen LogP contribution in [0.3, 0.4) is 0 Å². The zero-order valence-electron chi connectivity index (χ0n) is 15.0. The van der Waals surface area contributed by atoms with Crippen LogP contribution in [0.5, 0.6) is 0 Å². The van der Waals surface area contributed by atoms with Crippen molar-refractivity contribution in [3.05, 3.63) is 59.6 Å². The molecule has 4 rings (SSSR count). The van der Waals surface area contributed by atoms with E-state index in [9.17, 15) is 9.59 Å². The molecule has 0 radical (unpaired) electrons. The molecule has 7 heteroatoms. The molecule has 6 nitrogen and oxygen atoms in total. The number of fused-ring (bicyclic) bond motifs is 1. The summed E-state index contributed by atoms with van der Waals surface area (Å²) in [5, 5.41) is 3.73. The number of rotatable bonds is 4. The Bertz CT molecular complexity index is 939. The third-order valence-electron chi connectivity index (χ3n) is 4.63. The van der Waals surface area contributed by atoms with Crippen molar-refractivity contribution in [3.8, 4) is 0 Å². The molecule has 1 atom stereocenters. The van der Waals surface area contributed by atoms with Crippen LogP contribution in [0, 0.1) is 0 Å². The van der Waals surface area contributed by atoms with Gasteiger partial charge < -0.3 is 15.1 Å². The summed E-state index contributed by atoms with van der Waals surface area (Å²) < 4.78 is 1.10. The highest BCUT2D eigenvalue weighted by Crippen LogP contribution is 2.23. The molecule has 138 valence electrons. The van der Waals surface area contributed by atoms with E-state index in [-0.39, 0.29) is 11.9 Å². The number of urea groups is 1. The minimum Gasteiger partial charge on any atom is -0.326 e. The predicted molar refractivity (Wildman–Crippen MR) is 107 cm³/mol. The summed E-state index contributed by atoms with van der Waals surface area (Å²) in [4.78, 5) is 33.0. The highest BCUT2D eigenvalue weighted by molar-refractivity contribution is 7.18. The molecule has 0 aliphatic carbocycles. The molecule has 3 aromatic rings. The molecule has 1 aliphatic rings. The van der Waals surface area contributed by atoms with E-state index in [1.54, 1.807) is 28.2 Å². The minimum absolute atomic E-state index is 0.0667. The first-order chi connectivity index (χ1) is 13.1. The maximum Gasteiger partial charge on any atom is 0.318 e. The van der Waals surface area contributed by atoms with Crippen LogP contribution >= 0.6 is 11.3 Å². The average Bonchev–Trinajstić information content (AvgIpc) is 3.25. The van der Waals surface area contributed by atoms with Crippen LogP contribution < -0.4 is 10.2 Å². The largest absolute Gasteiger partial charge is 0.326 e. The smallest absolute Gasteiger partial charge is 0.318 e. The number of nitrogens with one attached hydrogen (secondary N) is 1. The molecule has 2 heterocycles. The number of hydrogen-bond donors (Lipinski definition) is 1. The lowest BCUT2D eigenvalue weighted by molar-refractivity contribution is -0.118. The van der Waals surface area contributed by atoms with E-state index in [4.69, 9.17) is 0 Å². The number of carbonyl (C=O) groups excluding carboxylic acids is 2. The van der Waals surface area contributed by atoms with Crippen LogP contribution in [0.2, 0.25) is 0 Å². The summed E-state index contributed by atoms with van der Waals surface area (Å²) in [6, 6.07) is 16.7. The number of anilines is 1. The molecular formula is C20H20N4O2S. The van der Waals surface area contributed by atoms with Gasteiger partial charge in [0.25, 0.3) is 0 Å². The quantitative estimate of drug-likeness (QED) is 0.756. The van der Waals surface area contributed by atoms with Gasteiger partial charge in [-0.1, -0.05) is 30.3 Å². The highest BCUT2D eigenvalue weighted by atomic mass is 32.1. The molecule has 0 spiro atoms. The number of carbonyl (C=O) groups is 2. The Morgan fingerprint density at radius 1 is 1.22 bits per heavy atom. The van der Waals surface area contributed by atoms with Gasteiger partial charge >= 0.3 is 6.03 Å². The Morgan fingerprint density at radius 2 is 1.96 bits per heavy atom. The molecule has 1 unspecified atom stereocenters. The number of thiazole rings is 1. The lowest BCUT2D eigenvalue weighted by atomic mass is 10.2. The van der Waals surface area contributed by atoms with Crippen LogP contribution in [0.1, 0.15) is 11.4 Å². The molecule has 27 heavy (non-hydrogen) atoms. The van der Waals surface area contributed by atoms with Gasteiger partial charge in [-0.25, -0.2) is 9.78 Å². The molecule has 0 saturated carbocycles. The summed E-state index contributed by atoms with van der Waals surface area (Å²) in [6.45, 7) is 1.02. The van der Waals surface area contributed by atoms with E-state index < -0.39 is 6.04 Å². The standard InChI is InChI=1S/C20H20N4O2S/c1-23(13-18-21-15-9-5-6-10-17(15)27-18)20(26)22-16-11-12-24(19(16)25)14-7-3-2-4-8-14/h2-10,16H,11-13H2,1H3,(H,22,26). The first-order valence-electron chi connectivity index (χ1n) is 8.84. The first kappa shape index (κ1) is 17.5. The number of amides is 3. The normalized spacial score (nSPS) is 16.7. The van der Waals surface area contributed by atoms with E-state index in [2.05, 4.69) is 10.3 Å². The zero-order chi connectivity index (χ0) is 18.8. The van der Waals surface area contributed by atoms with Gasteiger partial charge in [-0.3, -0.25) is 4.79 Å². The molecule has 3 amide bonds. The average molecular weight is 380 g/mol. The predicted octanol–water partition coefficient (Wildman–Crippen LogP) is 3.24. The van der Waals surface area contributed by atoms with E-state index >= 15 is 0 Å². The maximum absolute atomic E-state index is 12.6. The van der Waals surface area contributed by atoms with Crippen LogP contribution in [0.15, 0.2) is 54.6 Å². The Morgan fingerprint density at radius 3 is 2.74 bits per heavy atom. The van der Waals surface area contributed by atoms with Crippen molar-refractivity contribution in [3.63, 3.8) is 0 Å². The molecule has 1 fully saturated rings. The Hall–Kier alpha value is -2.93. The number of nitrogens with zero attached hydrogens (tertiary/aromatic N) is 3. The third kappa shape index (κ3) is 3.64. The van der Waals surface area contributed by atoms with Crippen molar-refractivity contribution >= 4 is 39.2 Å². The van der Waals surface area contributed by atoms with Crippen molar-refractivity contribution in [2.75, 3.05) is 18.5 Å².